The van der Waals surface area contributed by atoms with Gasteiger partial charge in [-0.2, -0.15) is 5.48 Å². The fourth-order valence-corrected chi connectivity index (χ4v) is 2.08. The largest absolute Gasteiger partial charge is 0.342 e. The molecule has 1 fully saturated rings. The third kappa shape index (κ3) is 4.13. The summed E-state index contributed by atoms with van der Waals surface area (Å²) >= 11 is 0. The van der Waals surface area contributed by atoms with E-state index in [4.69, 9.17) is 4.84 Å². The second-order valence-electron chi connectivity index (χ2n) is 4.54. The van der Waals surface area contributed by atoms with E-state index < -0.39 is 0 Å². The standard InChI is InChI=1S/C14H20N2O2/c17-14(16-9-5-2-6-10-16)11-15-18-12-13-7-3-1-4-8-13/h1,3-4,7-8,15H,2,5-6,9-12H2. The highest BCUT2D eigenvalue weighted by molar-refractivity contribution is 5.78. The minimum absolute atomic E-state index is 0.128. The number of nitrogens with one attached hydrogen (secondary N) is 1. The van der Waals surface area contributed by atoms with Gasteiger partial charge in [-0.15, -0.1) is 0 Å². The van der Waals surface area contributed by atoms with Gasteiger partial charge in [0, 0.05) is 13.1 Å². The molecule has 1 amide bonds. The third-order valence-corrected chi connectivity index (χ3v) is 3.12. The van der Waals surface area contributed by atoms with Crippen LogP contribution in [-0.4, -0.2) is 30.4 Å². The van der Waals surface area contributed by atoms with Crippen molar-refractivity contribution in [3.05, 3.63) is 35.9 Å². The molecule has 0 saturated carbocycles. The minimum Gasteiger partial charge on any atom is -0.342 e. The highest BCUT2D eigenvalue weighted by Gasteiger charge is 2.15. The van der Waals surface area contributed by atoms with Gasteiger partial charge in [-0.25, -0.2) is 0 Å². The van der Waals surface area contributed by atoms with E-state index in [1.165, 1.54) is 6.42 Å². The van der Waals surface area contributed by atoms with Crippen LogP contribution in [0.4, 0.5) is 0 Å². The van der Waals surface area contributed by atoms with Crippen molar-refractivity contribution in [1.29, 1.82) is 0 Å². The topological polar surface area (TPSA) is 41.6 Å². The van der Waals surface area contributed by atoms with Crippen molar-refractivity contribution in [3.8, 4) is 0 Å². The van der Waals surface area contributed by atoms with E-state index in [1.807, 2.05) is 35.2 Å². The summed E-state index contributed by atoms with van der Waals surface area (Å²) in [5.41, 5.74) is 3.83. The molecular weight excluding hydrogens is 228 g/mol. The first-order chi connectivity index (χ1) is 8.86. The first-order valence-electron chi connectivity index (χ1n) is 6.52. The Labute approximate surface area is 108 Å². The summed E-state index contributed by atoms with van der Waals surface area (Å²) in [5, 5.41) is 0. The smallest absolute Gasteiger partial charge is 0.238 e. The monoisotopic (exact) mass is 248 g/mol. The second kappa shape index (κ2) is 7.13. The van der Waals surface area contributed by atoms with Gasteiger partial charge in [0.1, 0.15) is 6.54 Å². The Hall–Kier alpha value is -1.39. The molecule has 0 spiro atoms. The third-order valence-electron chi connectivity index (χ3n) is 3.12. The molecule has 0 atom stereocenters. The summed E-state index contributed by atoms with van der Waals surface area (Å²) < 4.78 is 0. The predicted molar refractivity (Wildman–Crippen MR) is 69.7 cm³/mol. The number of benzene rings is 1. The van der Waals surface area contributed by atoms with Gasteiger partial charge in [0.05, 0.1) is 6.61 Å². The quantitative estimate of drug-likeness (QED) is 0.637. The number of likely N-dealkylation sites (tertiary alicyclic amines) is 1. The van der Waals surface area contributed by atoms with Gasteiger partial charge in [-0.3, -0.25) is 9.63 Å². The number of piperidine rings is 1. The molecule has 1 N–H and O–H groups in total. The second-order valence-corrected chi connectivity index (χ2v) is 4.54. The number of carbonyl (C=O) groups is 1. The van der Waals surface area contributed by atoms with Crippen LogP contribution in [0.25, 0.3) is 0 Å². The Bertz CT molecular complexity index is 361. The highest BCUT2D eigenvalue weighted by atomic mass is 16.6. The van der Waals surface area contributed by atoms with Crippen LogP contribution in [0, 0.1) is 0 Å². The Morgan fingerprint density at radius 3 is 2.61 bits per heavy atom. The molecule has 0 aromatic heterocycles. The molecule has 0 unspecified atom stereocenters. The van der Waals surface area contributed by atoms with E-state index >= 15 is 0 Å². The fourth-order valence-electron chi connectivity index (χ4n) is 2.08. The summed E-state index contributed by atoms with van der Waals surface area (Å²) in [4.78, 5) is 19.0. The molecule has 1 heterocycles. The maximum atomic E-state index is 11.8. The Morgan fingerprint density at radius 2 is 1.89 bits per heavy atom. The molecular formula is C14H20N2O2. The Morgan fingerprint density at radius 1 is 1.17 bits per heavy atom. The lowest BCUT2D eigenvalue weighted by Gasteiger charge is -2.26. The molecule has 1 aromatic carbocycles. The summed E-state index contributed by atoms with van der Waals surface area (Å²) in [6.45, 7) is 2.51. The normalized spacial score (nSPS) is 15.7. The van der Waals surface area contributed by atoms with E-state index in [0.717, 1.165) is 31.5 Å². The molecule has 98 valence electrons. The summed E-state index contributed by atoms with van der Waals surface area (Å²) in [6.07, 6.45) is 3.48. The molecule has 0 radical (unpaired) electrons. The van der Waals surface area contributed by atoms with E-state index in [0.29, 0.717) is 6.61 Å². The van der Waals surface area contributed by atoms with Crippen molar-refractivity contribution in [3.63, 3.8) is 0 Å². The van der Waals surface area contributed by atoms with E-state index in [1.54, 1.807) is 0 Å². The summed E-state index contributed by atoms with van der Waals surface area (Å²) in [7, 11) is 0. The Balaban J connectivity index is 1.61. The van der Waals surface area contributed by atoms with Crippen LogP contribution in [0.15, 0.2) is 30.3 Å². The molecule has 1 aliphatic heterocycles. The van der Waals surface area contributed by atoms with E-state index in [2.05, 4.69) is 5.48 Å². The highest BCUT2D eigenvalue weighted by Crippen LogP contribution is 2.08. The van der Waals surface area contributed by atoms with E-state index in [9.17, 15) is 4.79 Å². The van der Waals surface area contributed by atoms with Crippen molar-refractivity contribution in [2.24, 2.45) is 0 Å². The summed E-state index contributed by atoms with van der Waals surface area (Å²) in [6, 6.07) is 9.90. The molecule has 4 nitrogen and oxygen atoms in total. The molecule has 1 saturated heterocycles. The van der Waals surface area contributed by atoms with Gasteiger partial charge in [0.25, 0.3) is 0 Å². The number of amides is 1. The lowest BCUT2D eigenvalue weighted by molar-refractivity contribution is -0.134. The number of rotatable bonds is 5. The molecule has 4 heteroatoms. The van der Waals surface area contributed by atoms with Crippen molar-refractivity contribution in [2.45, 2.75) is 25.9 Å². The first kappa shape index (κ1) is 13.1. The average molecular weight is 248 g/mol. The average Bonchev–Trinajstić information content (AvgIpc) is 2.45. The maximum Gasteiger partial charge on any atom is 0.238 e. The van der Waals surface area contributed by atoms with Crippen LogP contribution in [0.3, 0.4) is 0 Å². The zero-order valence-corrected chi connectivity index (χ0v) is 10.6. The van der Waals surface area contributed by atoms with Crippen molar-refractivity contribution >= 4 is 5.91 Å². The van der Waals surface area contributed by atoms with Gasteiger partial charge >= 0.3 is 0 Å². The van der Waals surface area contributed by atoms with Gasteiger partial charge < -0.3 is 4.90 Å². The SMILES string of the molecule is O=C(CNOCc1ccccc1)N1CCCCC1. The Kier molecular flexibility index (Phi) is 5.17. The number of hydrogen-bond donors (Lipinski definition) is 1. The number of hydroxylamine groups is 1. The maximum absolute atomic E-state index is 11.8. The zero-order chi connectivity index (χ0) is 12.6. The molecule has 1 aromatic rings. The van der Waals surface area contributed by atoms with Gasteiger partial charge in [0.15, 0.2) is 0 Å². The van der Waals surface area contributed by atoms with Gasteiger partial charge in [-0.1, -0.05) is 30.3 Å². The van der Waals surface area contributed by atoms with Crippen LogP contribution in [0.1, 0.15) is 24.8 Å². The summed E-state index contributed by atoms with van der Waals surface area (Å²) in [5.74, 6) is 0.128. The first-order valence-corrected chi connectivity index (χ1v) is 6.52. The predicted octanol–water partition coefficient (Wildman–Crippen LogP) is 1.72. The van der Waals surface area contributed by atoms with Gasteiger partial charge in [0.2, 0.25) is 5.91 Å². The number of hydrogen-bond acceptors (Lipinski definition) is 3. The van der Waals surface area contributed by atoms with Crippen molar-refractivity contribution in [2.75, 3.05) is 19.6 Å². The van der Waals surface area contributed by atoms with Crippen LogP contribution < -0.4 is 5.48 Å². The fraction of sp³-hybridized carbons (Fsp3) is 0.500. The number of carbonyl (C=O) groups excluding carboxylic acids is 1. The molecule has 0 bridgehead atoms. The van der Waals surface area contributed by atoms with Crippen LogP contribution >= 0.6 is 0 Å². The molecule has 18 heavy (non-hydrogen) atoms. The molecule has 0 aliphatic carbocycles. The van der Waals surface area contributed by atoms with Crippen molar-refractivity contribution < 1.29 is 9.63 Å². The zero-order valence-electron chi connectivity index (χ0n) is 10.6. The molecule has 2 rings (SSSR count). The lowest BCUT2D eigenvalue weighted by atomic mass is 10.1. The molecule has 1 aliphatic rings. The van der Waals surface area contributed by atoms with E-state index in [-0.39, 0.29) is 12.5 Å². The van der Waals surface area contributed by atoms with Crippen molar-refractivity contribution in [1.82, 2.24) is 10.4 Å². The van der Waals surface area contributed by atoms with Gasteiger partial charge in [-0.05, 0) is 24.8 Å². The number of nitrogens with zero attached hydrogens (tertiary/aromatic N) is 1. The van der Waals surface area contributed by atoms with Crippen LogP contribution in [0.5, 0.6) is 0 Å². The van der Waals surface area contributed by atoms with Crippen LogP contribution in [-0.2, 0) is 16.2 Å². The minimum atomic E-state index is 0.128. The lowest BCUT2D eigenvalue weighted by Crippen LogP contribution is -2.41. The van der Waals surface area contributed by atoms with Crippen LogP contribution in [0.2, 0.25) is 0 Å².